The van der Waals surface area contributed by atoms with Crippen LogP contribution in [0.3, 0.4) is 0 Å². The quantitative estimate of drug-likeness (QED) is 0.470. The molecule has 5 heteroatoms. The Kier molecular flexibility index (Phi) is 3.79. The van der Waals surface area contributed by atoms with Gasteiger partial charge in [-0.1, -0.05) is 0 Å². The van der Waals surface area contributed by atoms with Gasteiger partial charge in [0.05, 0.1) is 25.9 Å². The van der Waals surface area contributed by atoms with E-state index >= 15 is 0 Å². The van der Waals surface area contributed by atoms with E-state index < -0.39 is 0 Å². The summed E-state index contributed by atoms with van der Waals surface area (Å²) in [5.41, 5.74) is 0. The Labute approximate surface area is 82.0 Å². The summed E-state index contributed by atoms with van der Waals surface area (Å²) >= 11 is 0. The van der Waals surface area contributed by atoms with Gasteiger partial charge in [0.2, 0.25) is 0 Å². The predicted molar refractivity (Wildman–Crippen MR) is 48.4 cm³/mol. The largest absolute Gasteiger partial charge is 0.394 e. The van der Waals surface area contributed by atoms with Gasteiger partial charge in [0.15, 0.2) is 0 Å². The van der Waals surface area contributed by atoms with Crippen molar-refractivity contribution < 1.29 is 19.4 Å². The van der Waals surface area contributed by atoms with Gasteiger partial charge in [-0.3, -0.25) is 14.5 Å². The molecule has 1 rings (SSSR count). The summed E-state index contributed by atoms with van der Waals surface area (Å²) in [6.45, 7) is 2.13. The number of aliphatic hydroxyl groups is 1. The Hall–Kier alpha value is -1.20. The van der Waals surface area contributed by atoms with Crippen molar-refractivity contribution in [2.75, 3.05) is 19.8 Å². The highest BCUT2D eigenvalue weighted by Gasteiger charge is 2.28. The molecule has 1 aliphatic heterocycles. The molecule has 78 valence electrons. The van der Waals surface area contributed by atoms with Crippen LogP contribution in [0.4, 0.5) is 0 Å². The fraction of sp³-hybridized carbons (Fsp3) is 0.556. The van der Waals surface area contributed by atoms with E-state index in [0.29, 0.717) is 0 Å². The van der Waals surface area contributed by atoms with Crippen molar-refractivity contribution in [3.63, 3.8) is 0 Å². The number of hydrogen-bond acceptors (Lipinski definition) is 4. The molecule has 0 spiro atoms. The molecule has 0 saturated carbocycles. The molecule has 0 aromatic rings. The van der Waals surface area contributed by atoms with Crippen LogP contribution in [0.2, 0.25) is 0 Å². The number of rotatable bonds is 5. The molecule has 0 fully saturated rings. The third-order valence-electron chi connectivity index (χ3n) is 1.88. The topological polar surface area (TPSA) is 66.8 Å². The summed E-state index contributed by atoms with van der Waals surface area (Å²) < 4.78 is 5.03. The Morgan fingerprint density at radius 3 is 2.50 bits per heavy atom. The van der Waals surface area contributed by atoms with Crippen molar-refractivity contribution in [3.8, 4) is 0 Å². The summed E-state index contributed by atoms with van der Waals surface area (Å²) in [5.74, 6) is -0.620. The Balaban J connectivity index is 2.40. The molecule has 1 atom stereocenters. The molecule has 1 unspecified atom stereocenters. The molecule has 14 heavy (non-hydrogen) atoms. The second kappa shape index (κ2) is 4.88. The number of hydrogen-bond donors (Lipinski definition) is 1. The van der Waals surface area contributed by atoms with E-state index in [2.05, 4.69) is 0 Å². The first-order chi connectivity index (χ1) is 6.66. The zero-order chi connectivity index (χ0) is 10.6. The lowest BCUT2D eigenvalue weighted by atomic mass is 10.3. The second-order valence-electron chi connectivity index (χ2n) is 3.03. The molecule has 2 amide bonds. The van der Waals surface area contributed by atoms with Crippen LogP contribution in [0.1, 0.15) is 6.92 Å². The fourth-order valence-corrected chi connectivity index (χ4v) is 1.24. The van der Waals surface area contributed by atoms with E-state index in [1.54, 1.807) is 6.92 Å². The van der Waals surface area contributed by atoms with Crippen LogP contribution in [0.15, 0.2) is 12.2 Å². The van der Waals surface area contributed by atoms with Crippen molar-refractivity contribution in [3.05, 3.63) is 12.2 Å². The fourth-order valence-electron chi connectivity index (χ4n) is 1.24. The third-order valence-corrected chi connectivity index (χ3v) is 1.88. The van der Waals surface area contributed by atoms with Gasteiger partial charge in [0.1, 0.15) is 0 Å². The highest BCUT2D eigenvalue weighted by atomic mass is 16.5. The molecule has 0 aromatic heterocycles. The SMILES string of the molecule is CC(COCCO)N1C(=O)C=CC1=O. The molecule has 1 heterocycles. The van der Waals surface area contributed by atoms with Crippen LogP contribution in [-0.2, 0) is 14.3 Å². The monoisotopic (exact) mass is 199 g/mol. The summed E-state index contributed by atoms with van der Waals surface area (Å²) in [6, 6.07) is -0.295. The molecule has 0 aromatic carbocycles. The Morgan fingerprint density at radius 1 is 1.43 bits per heavy atom. The molecule has 0 saturated heterocycles. The number of carbonyl (C=O) groups excluding carboxylic acids is 2. The van der Waals surface area contributed by atoms with E-state index in [1.165, 1.54) is 12.2 Å². The molecule has 5 nitrogen and oxygen atoms in total. The Morgan fingerprint density at radius 2 is 2.00 bits per heavy atom. The number of ether oxygens (including phenoxy) is 1. The minimum absolute atomic E-state index is 0.0626. The van der Waals surface area contributed by atoms with Crippen LogP contribution in [-0.4, -0.2) is 47.7 Å². The maximum Gasteiger partial charge on any atom is 0.253 e. The molecule has 1 aliphatic rings. The van der Waals surface area contributed by atoms with Crippen molar-refractivity contribution in [1.82, 2.24) is 4.90 Å². The van der Waals surface area contributed by atoms with Crippen LogP contribution in [0, 0.1) is 0 Å². The zero-order valence-electron chi connectivity index (χ0n) is 7.97. The number of nitrogens with zero attached hydrogens (tertiary/aromatic N) is 1. The van der Waals surface area contributed by atoms with Gasteiger partial charge < -0.3 is 9.84 Å². The molecular formula is C9H13NO4. The minimum atomic E-state index is -0.310. The van der Waals surface area contributed by atoms with Gasteiger partial charge in [-0.15, -0.1) is 0 Å². The lowest BCUT2D eigenvalue weighted by Crippen LogP contribution is -2.41. The van der Waals surface area contributed by atoms with E-state index in [4.69, 9.17) is 9.84 Å². The zero-order valence-corrected chi connectivity index (χ0v) is 7.97. The van der Waals surface area contributed by atoms with Gasteiger partial charge >= 0.3 is 0 Å². The summed E-state index contributed by atoms with van der Waals surface area (Å²) in [6.07, 6.45) is 2.48. The van der Waals surface area contributed by atoms with Crippen molar-refractivity contribution in [2.24, 2.45) is 0 Å². The molecular weight excluding hydrogens is 186 g/mol. The summed E-state index contributed by atoms with van der Waals surface area (Å²) in [4.78, 5) is 23.5. The minimum Gasteiger partial charge on any atom is -0.394 e. The van der Waals surface area contributed by atoms with Crippen LogP contribution >= 0.6 is 0 Å². The Bertz CT molecular complexity index is 244. The molecule has 0 aliphatic carbocycles. The lowest BCUT2D eigenvalue weighted by Gasteiger charge is -2.21. The maximum atomic E-state index is 11.2. The van der Waals surface area contributed by atoms with Crippen LogP contribution in [0.5, 0.6) is 0 Å². The first-order valence-electron chi connectivity index (χ1n) is 4.40. The van der Waals surface area contributed by atoms with Crippen LogP contribution in [0.25, 0.3) is 0 Å². The normalized spacial score (nSPS) is 18.0. The van der Waals surface area contributed by atoms with Gasteiger partial charge in [-0.2, -0.15) is 0 Å². The molecule has 0 bridgehead atoms. The highest BCUT2D eigenvalue weighted by Crippen LogP contribution is 2.08. The van der Waals surface area contributed by atoms with E-state index in [1.807, 2.05) is 0 Å². The summed E-state index contributed by atoms with van der Waals surface area (Å²) in [7, 11) is 0. The van der Waals surface area contributed by atoms with Crippen molar-refractivity contribution in [1.29, 1.82) is 0 Å². The maximum absolute atomic E-state index is 11.2. The number of imide groups is 1. The van der Waals surface area contributed by atoms with Crippen molar-refractivity contribution in [2.45, 2.75) is 13.0 Å². The molecule has 0 radical (unpaired) electrons. The average molecular weight is 199 g/mol. The second-order valence-corrected chi connectivity index (χ2v) is 3.03. The van der Waals surface area contributed by atoms with E-state index in [-0.39, 0.29) is 37.7 Å². The van der Waals surface area contributed by atoms with Gasteiger partial charge in [0, 0.05) is 12.2 Å². The van der Waals surface area contributed by atoms with Gasteiger partial charge in [-0.25, -0.2) is 0 Å². The van der Waals surface area contributed by atoms with E-state index in [0.717, 1.165) is 4.90 Å². The molecule has 1 N–H and O–H groups in total. The smallest absolute Gasteiger partial charge is 0.253 e. The first kappa shape index (κ1) is 10.9. The third kappa shape index (κ3) is 2.40. The van der Waals surface area contributed by atoms with E-state index in [9.17, 15) is 9.59 Å². The lowest BCUT2D eigenvalue weighted by molar-refractivity contribution is -0.140. The average Bonchev–Trinajstić information content (AvgIpc) is 2.46. The number of aliphatic hydroxyl groups excluding tert-OH is 1. The van der Waals surface area contributed by atoms with Gasteiger partial charge in [0.25, 0.3) is 11.8 Å². The van der Waals surface area contributed by atoms with Crippen LogP contribution < -0.4 is 0 Å². The predicted octanol–water partition coefficient (Wildman–Crippen LogP) is -0.691. The first-order valence-corrected chi connectivity index (χ1v) is 4.40. The highest BCUT2D eigenvalue weighted by molar-refractivity contribution is 6.13. The number of carbonyl (C=O) groups is 2. The standard InChI is InChI=1S/C9H13NO4/c1-7(6-14-5-4-11)10-8(12)2-3-9(10)13/h2-3,7,11H,4-6H2,1H3. The van der Waals surface area contributed by atoms with Gasteiger partial charge in [-0.05, 0) is 6.92 Å². The summed E-state index contributed by atoms with van der Waals surface area (Å²) in [5, 5.41) is 8.46. The number of amides is 2. The van der Waals surface area contributed by atoms with Crippen molar-refractivity contribution >= 4 is 11.8 Å².